The fourth-order valence-electron chi connectivity index (χ4n) is 2.37. The highest BCUT2D eigenvalue weighted by Gasteiger charge is 2.21. The molecule has 0 fully saturated rings. The van der Waals surface area contributed by atoms with Gasteiger partial charge >= 0.3 is 5.97 Å². The van der Waals surface area contributed by atoms with Crippen molar-refractivity contribution < 1.29 is 18.8 Å². The van der Waals surface area contributed by atoms with Gasteiger partial charge in [-0.25, -0.2) is 4.79 Å². The van der Waals surface area contributed by atoms with Gasteiger partial charge in [0.2, 0.25) is 5.89 Å². The third-order valence-electron chi connectivity index (χ3n) is 3.81. The van der Waals surface area contributed by atoms with Gasteiger partial charge in [0.15, 0.2) is 11.9 Å². The van der Waals surface area contributed by atoms with Crippen LogP contribution in [0, 0.1) is 6.92 Å². The van der Waals surface area contributed by atoms with Crippen LogP contribution in [0.1, 0.15) is 29.0 Å². The number of para-hydroxylation sites is 1. The van der Waals surface area contributed by atoms with Crippen LogP contribution in [0.5, 0.6) is 0 Å². The summed E-state index contributed by atoms with van der Waals surface area (Å²) in [5, 5.41) is 6.79. The lowest BCUT2D eigenvalue weighted by Gasteiger charge is -2.15. The number of anilines is 1. The smallest absolute Gasteiger partial charge is 0.340 e. The van der Waals surface area contributed by atoms with Crippen LogP contribution in [-0.2, 0) is 15.3 Å². The molecular formula is C20H18ClN3O4S. The largest absolute Gasteiger partial charge is 0.449 e. The van der Waals surface area contributed by atoms with E-state index in [9.17, 15) is 9.59 Å². The molecule has 1 amide bonds. The molecule has 0 saturated carbocycles. The Balaban J connectivity index is 1.64. The lowest BCUT2D eigenvalue weighted by atomic mass is 10.2. The summed E-state index contributed by atoms with van der Waals surface area (Å²) in [7, 11) is 0. The maximum absolute atomic E-state index is 12.6. The summed E-state index contributed by atoms with van der Waals surface area (Å²) in [6.45, 7) is 3.24. The first-order chi connectivity index (χ1) is 13.9. The molecular weight excluding hydrogens is 414 g/mol. The van der Waals surface area contributed by atoms with Crippen LogP contribution < -0.4 is 5.32 Å². The van der Waals surface area contributed by atoms with Crippen molar-refractivity contribution >= 4 is 40.9 Å². The fraction of sp³-hybridized carbons (Fsp3) is 0.200. The van der Waals surface area contributed by atoms with Gasteiger partial charge in [-0.15, -0.1) is 11.8 Å². The van der Waals surface area contributed by atoms with E-state index >= 15 is 0 Å². The molecule has 1 atom stereocenters. The van der Waals surface area contributed by atoms with Gasteiger partial charge in [-0.2, -0.15) is 4.98 Å². The average Bonchev–Trinajstić information content (AvgIpc) is 3.13. The molecule has 2 aromatic carbocycles. The highest BCUT2D eigenvalue weighted by Crippen LogP contribution is 2.27. The normalized spacial score (nSPS) is 11.7. The third-order valence-corrected chi connectivity index (χ3v) is 5.20. The van der Waals surface area contributed by atoms with Gasteiger partial charge in [-0.05, 0) is 38.1 Å². The Bertz CT molecular complexity index is 1020. The van der Waals surface area contributed by atoms with Gasteiger partial charge in [0.1, 0.15) is 0 Å². The fourth-order valence-corrected chi connectivity index (χ4v) is 3.43. The molecule has 3 rings (SSSR count). The molecule has 3 aromatic rings. The number of nitrogens with one attached hydrogen (secondary N) is 1. The molecule has 0 aliphatic heterocycles. The van der Waals surface area contributed by atoms with Crippen LogP contribution in [0.15, 0.2) is 57.9 Å². The van der Waals surface area contributed by atoms with Crippen molar-refractivity contribution in [2.45, 2.75) is 30.6 Å². The lowest BCUT2D eigenvalue weighted by Crippen LogP contribution is -2.30. The maximum atomic E-state index is 12.6. The lowest BCUT2D eigenvalue weighted by molar-refractivity contribution is -0.123. The minimum atomic E-state index is -1.00. The molecule has 1 aromatic heterocycles. The Morgan fingerprint density at radius 2 is 1.93 bits per heavy atom. The zero-order chi connectivity index (χ0) is 20.8. The van der Waals surface area contributed by atoms with Gasteiger partial charge in [-0.3, -0.25) is 4.79 Å². The van der Waals surface area contributed by atoms with Crippen LogP contribution in [0.25, 0.3) is 0 Å². The van der Waals surface area contributed by atoms with E-state index < -0.39 is 18.0 Å². The van der Waals surface area contributed by atoms with E-state index in [1.54, 1.807) is 49.4 Å². The summed E-state index contributed by atoms with van der Waals surface area (Å²) < 4.78 is 10.4. The van der Waals surface area contributed by atoms with E-state index in [1.165, 1.54) is 18.7 Å². The van der Waals surface area contributed by atoms with Crippen molar-refractivity contribution in [3.8, 4) is 0 Å². The van der Waals surface area contributed by atoms with Crippen LogP contribution in [0.4, 0.5) is 5.69 Å². The number of aromatic nitrogens is 2. The maximum Gasteiger partial charge on any atom is 0.340 e. The monoisotopic (exact) mass is 431 g/mol. The molecule has 7 nitrogen and oxygen atoms in total. The molecule has 9 heteroatoms. The summed E-state index contributed by atoms with van der Waals surface area (Å²) in [4.78, 5) is 29.8. The predicted octanol–water partition coefficient (Wildman–Crippen LogP) is 4.51. The first kappa shape index (κ1) is 20.9. The second-order valence-corrected chi connectivity index (χ2v) is 7.46. The minimum absolute atomic E-state index is 0.353. The molecule has 1 heterocycles. The molecule has 29 heavy (non-hydrogen) atoms. The number of carbonyl (C=O) groups is 2. The van der Waals surface area contributed by atoms with Crippen molar-refractivity contribution in [3.05, 3.63) is 70.8 Å². The van der Waals surface area contributed by atoms with E-state index in [0.29, 0.717) is 38.6 Å². The zero-order valence-electron chi connectivity index (χ0n) is 15.7. The Morgan fingerprint density at radius 1 is 1.21 bits per heavy atom. The third kappa shape index (κ3) is 5.58. The number of carbonyl (C=O) groups excluding carboxylic acids is 2. The summed E-state index contributed by atoms with van der Waals surface area (Å²) in [6.07, 6.45) is -1.00. The number of hydrogen-bond acceptors (Lipinski definition) is 7. The van der Waals surface area contributed by atoms with Crippen LogP contribution in [0.3, 0.4) is 0 Å². The minimum Gasteiger partial charge on any atom is -0.449 e. The number of amides is 1. The standard InChI is InChI=1S/C20H18ClN3O4S/c1-12(19(25)23-16-9-5-4-8-15(16)21)27-20(26)14-7-3-6-10-17(14)29-11-18-22-13(2)24-28-18/h3-10,12H,11H2,1-2H3,(H,23,25). The summed E-state index contributed by atoms with van der Waals surface area (Å²) in [5.74, 6) is 0.345. The van der Waals surface area contributed by atoms with E-state index in [1.807, 2.05) is 6.07 Å². The molecule has 150 valence electrons. The van der Waals surface area contributed by atoms with Crippen molar-refractivity contribution in [2.75, 3.05) is 5.32 Å². The number of benzene rings is 2. The highest BCUT2D eigenvalue weighted by molar-refractivity contribution is 7.98. The van der Waals surface area contributed by atoms with Gasteiger partial charge < -0.3 is 14.6 Å². The van der Waals surface area contributed by atoms with E-state index in [2.05, 4.69) is 15.5 Å². The number of thioether (sulfide) groups is 1. The van der Waals surface area contributed by atoms with Crippen LogP contribution in [0.2, 0.25) is 5.02 Å². The van der Waals surface area contributed by atoms with Crippen molar-refractivity contribution in [1.29, 1.82) is 0 Å². The van der Waals surface area contributed by atoms with E-state index in [0.717, 1.165) is 0 Å². The number of halogens is 1. The molecule has 0 bridgehead atoms. The first-order valence-electron chi connectivity index (χ1n) is 8.71. The second-order valence-electron chi connectivity index (χ2n) is 6.04. The topological polar surface area (TPSA) is 94.3 Å². The molecule has 0 radical (unpaired) electrons. The number of ether oxygens (including phenoxy) is 1. The molecule has 0 aliphatic carbocycles. The first-order valence-corrected chi connectivity index (χ1v) is 10.1. The molecule has 0 aliphatic rings. The summed E-state index contributed by atoms with van der Waals surface area (Å²) in [5.41, 5.74) is 0.805. The van der Waals surface area contributed by atoms with Gasteiger partial charge in [0.25, 0.3) is 5.91 Å². The SMILES string of the molecule is Cc1noc(CSc2ccccc2C(=O)OC(C)C(=O)Nc2ccccc2Cl)n1. The summed E-state index contributed by atoms with van der Waals surface area (Å²) >= 11 is 7.41. The number of esters is 1. The van der Waals surface area contributed by atoms with Crippen molar-refractivity contribution in [1.82, 2.24) is 10.1 Å². The molecule has 1 N–H and O–H groups in total. The Labute approximate surface area is 176 Å². The quantitative estimate of drug-likeness (QED) is 0.434. The Morgan fingerprint density at radius 3 is 2.66 bits per heavy atom. The zero-order valence-corrected chi connectivity index (χ0v) is 17.3. The Hall–Kier alpha value is -2.84. The van der Waals surface area contributed by atoms with Gasteiger partial charge in [0, 0.05) is 4.90 Å². The molecule has 0 saturated heterocycles. The van der Waals surface area contributed by atoms with Gasteiger partial charge in [-0.1, -0.05) is 41.0 Å². The Kier molecular flexibility index (Phi) is 6.90. The second kappa shape index (κ2) is 9.58. The number of nitrogens with zero attached hydrogens (tertiary/aromatic N) is 2. The summed E-state index contributed by atoms with van der Waals surface area (Å²) in [6, 6.07) is 13.8. The van der Waals surface area contributed by atoms with Crippen molar-refractivity contribution in [2.24, 2.45) is 0 Å². The number of aryl methyl sites for hydroxylation is 1. The highest BCUT2D eigenvalue weighted by atomic mass is 35.5. The number of rotatable bonds is 7. The van der Waals surface area contributed by atoms with E-state index in [4.69, 9.17) is 20.9 Å². The van der Waals surface area contributed by atoms with Crippen molar-refractivity contribution in [3.63, 3.8) is 0 Å². The number of hydrogen-bond donors (Lipinski definition) is 1. The van der Waals surface area contributed by atoms with Crippen LogP contribution >= 0.6 is 23.4 Å². The predicted molar refractivity (Wildman–Crippen MR) is 110 cm³/mol. The van der Waals surface area contributed by atoms with E-state index in [-0.39, 0.29) is 0 Å². The van der Waals surface area contributed by atoms with Crippen LogP contribution in [-0.4, -0.2) is 28.1 Å². The molecule has 0 spiro atoms. The average molecular weight is 432 g/mol. The molecule has 1 unspecified atom stereocenters. The van der Waals surface area contributed by atoms with Gasteiger partial charge in [0.05, 0.1) is 22.0 Å².